The van der Waals surface area contributed by atoms with Crippen molar-refractivity contribution >= 4 is 11.1 Å². The summed E-state index contributed by atoms with van der Waals surface area (Å²) in [7, 11) is 0. The zero-order chi connectivity index (χ0) is 15.8. The molecule has 0 bridgehead atoms. The van der Waals surface area contributed by atoms with Crippen LogP contribution < -0.4 is 0 Å². The Bertz CT molecular complexity index is 929. The molecule has 0 amide bonds. The smallest absolute Gasteiger partial charge is 0.227 e. The molecule has 0 saturated carbocycles. The maximum Gasteiger partial charge on any atom is 0.227 e. The van der Waals surface area contributed by atoms with Crippen LogP contribution in [0.3, 0.4) is 0 Å². The van der Waals surface area contributed by atoms with E-state index in [0.717, 1.165) is 22.2 Å². The molecule has 3 aromatic carbocycles. The normalized spacial score (nSPS) is 11.0. The van der Waals surface area contributed by atoms with E-state index in [2.05, 4.69) is 4.98 Å². The molecule has 0 spiro atoms. The van der Waals surface area contributed by atoms with Crippen molar-refractivity contribution in [2.45, 2.75) is 0 Å². The van der Waals surface area contributed by atoms with Gasteiger partial charge >= 0.3 is 0 Å². The Balaban J connectivity index is 1.77. The Kier molecular flexibility index (Phi) is 3.08. The molecule has 3 nitrogen and oxygen atoms in total. The van der Waals surface area contributed by atoms with Gasteiger partial charge in [-0.25, -0.2) is 9.37 Å². The summed E-state index contributed by atoms with van der Waals surface area (Å²) >= 11 is 0. The summed E-state index contributed by atoms with van der Waals surface area (Å²) < 4.78 is 18.8. The van der Waals surface area contributed by atoms with Gasteiger partial charge in [-0.3, -0.25) is 0 Å². The maximum atomic E-state index is 13.0. The monoisotopic (exact) mass is 305 g/mol. The van der Waals surface area contributed by atoms with Crippen molar-refractivity contribution in [2.75, 3.05) is 0 Å². The predicted octanol–water partition coefficient (Wildman–Crippen LogP) is 5.01. The number of benzene rings is 3. The van der Waals surface area contributed by atoms with Crippen LogP contribution in [0.1, 0.15) is 0 Å². The highest BCUT2D eigenvalue weighted by atomic mass is 19.1. The molecule has 4 heteroatoms. The van der Waals surface area contributed by atoms with E-state index in [1.54, 1.807) is 24.3 Å². The zero-order valence-electron chi connectivity index (χ0n) is 12.0. The second-order valence-corrected chi connectivity index (χ2v) is 5.26. The van der Waals surface area contributed by atoms with E-state index < -0.39 is 0 Å². The molecule has 1 aromatic heterocycles. The Hall–Kier alpha value is -3.14. The number of hydrogen-bond donors (Lipinski definition) is 1. The Morgan fingerprint density at radius 1 is 0.783 bits per heavy atom. The van der Waals surface area contributed by atoms with Gasteiger partial charge in [0.25, 0.3) is 0 Å². The predicted molar refractivity (Wildman–Crippen MR) is 86.5 cm³/mol. The molecule has 0 aliphatic carbocycles. The van der Waals surface area contributed by atoms with Crippen LogP contribution in [-0.4, -0.2) is 10.1 Å². The first-order chi connectivity index (χ1) is 11.2. The van der Waals surface area contributed by atoms with Gasteiger partial charge in [0.15, 0.2) is 5.58 Å². The molecule has 0 unspecified atom stereocenters. The summed E-state index contributed by atoms with van der Waals surface area (Å²) in [5.74, 6) is 0.399. The quantitative estimate of drug-likeness (QED) is 0.566. The van der Waals surface area contributed by atoms with Crippen LogP contribution in [0.25, 0.3) is 33.7 Å². The number of phenols is 1. The molecule has 112 valence electrons. The minimum absolute atomic E-state index is 0.230. The fraction of sp³-hybridized carbons (Fsp3) is 0. The van der Waals surface area contributed by atoms with Crippen LogP contribution in [0.15, 0.2) is 71.1 Å². The van der Waals surface area contributed by atoms with E-state index in [4.69, 9.17) is 4.42 Å². The van der Waals surface area contributed by atoms with Crippen molar-refractivity contribution in [1.82, 2.24) is 4.98 Å². The first-order valence-electron chi connectivity index (χ1n) is 7.15. The largest absolute Gasteiger partial charge is 0.508 e. The standard InChI is InChI=1S/C19H12FNO2/c20-15-6-1-13(2-7-15)19-21-17-10-5-14(11-18(17)23-19)12-3-8-16(22)9-4-12/h1-11,22H. The molecule has 0 aliphatic rings. The summed E-state index contributed by atoms with van der Waals surface area (Å²) in [6.45, 7) is 0. The number of fused-ring (bicyclic) bond motifs is 1. The Morgan fingerprint density at radius 2 is 1.43 bits per heavy atom. The lowest BCUT2D eigenvalue weighted by Crippen LogP contribution is -1.78. The SMILES string of the molecule is Oc1ccc(-c2ccc3nc(-c4ccc(F)cc4)oc3c2)cc1. The van der Waals surface area contributed by atoms with Crippen LogP contribution >= 0.6 is 0 Å². The third-order valence-corrected chi connectivity index (χ3v) is 3.68. The minimum atomic E-state index is -0.292. The second-order valence-electron chi connectivity index (χ2n) is 5.26. The van der Waals surface area contributed by atoms with Crippen molar-refractivity contribution in [3.05, 3.63) is 72.5 Å². The number of aromatic hydroxyl groups is 1. The van der Waals surface area contributed by atoms with Crippen LogP contribution in [0.2, 0.25) is 0 Å². The molecular weight excluding hydrogens is 293 g/mol. The number of rotatable bonds is 2. The molecule has 0 fully saturated rings. The third kappa shape index (κ3) is 2.55. The highest BCUT2D eigenvalue weighted by molar-refractivity contribution is 5.82. The van der Waals surface area contributed by atoms with E-state index in [1.807, 2.05) is 30.3 Å². The summed E-state index contributed by atoms with van der Waals surface area (Å²) in [5.41, 5.74) is 4.08. The lowest BCUT2D eigenvalue weighted by Gasteiger charge is -2.01. The number of aromatic nitrogens is 1. The van der Waals surface area contributed by atoms with Gasteiger partial charge in [0, 0.05) is 5.56 Å². The van der Waals surface area contributed by atoms with E-state index in [-0.39, 0.29) is 11.6 Å². The average Bonchev–Trinajstić information content (AvgIpc) is 2.99. The van der Waals surface area contributed by atoms with Crippen molar-refractivity contribution in [2.24, 2.45) is 0 Å². The third-order valence-electron chi connectivity index (χ3n) is 3.68. The fourth-order valence-electron chi connectivity index (χ4n) is 2.47. The van der Waals surface area contributed by atoms with Gasteiger partial charge < -0.3 is 9.52 Å². The molecule has 0 radical (unpaired) electrons. The summed E-state index contributed by atoms with van der Waals surface area (Å²) in [6.07, 6.45) is 0. The lowest BCUT2D eigenvalue weighted by molar-refractivity contribution is 0.475. The molecule has 4 rings (SSSR count). The van der Waals surface area contributed by atoms with Crippen LogP contribution in [0.4, 0.5) is 4.39 Å². The van der Waals surface area contributed by atoms with Crippen LogP contribution in [0, 0.1) is 5.82 Å². The first-order valence-corrected chi connectivity index (χ1v) is 7.15. The van der Waals surface area contributed by atoms with Crippen LogP contribution in [-0.2, 0) is 0 Å². The molecule has 0 aliphatic heterocycles. The Labute approximate surface area is 131 Å². The van der Waals surface area contributed by atoms with Gasteiger partial charge in [-0.15, -0.1) is 0 Å². The van der Waals surface area contributed by atoms with Crippen molar-refractivity contribution < 1.29 is 13.9 Å². The van der Waals surface area contributed by atoms with Gasteiger partial charge in [0.2, 0.25) is 5.89 Å². The molecule has 0 saturated heterocycles. The van der Waals surface area contributed by atoms with E-state index >= 15 is 0 Å². The number of phenolic OH excluding ortho intramolecular Hbond substituents is 1. The summed E-state index contributed by atoms with van der Waals surface area (Å²) in [4.78, 5) is 4.43. The molecule has 1 heterocycles. The zero-order valence-corrected chi connectivity index (χ0v) is 12.0. The van der Waals surface area contributed by atoms with E-state index in [1.165, 1.54) is 12.1 Å². The van der Waals surface area contributed by atoms with Gasteiger partial charge in [-0.2, -0.15) is 0 Å². The van der Waals surface area contributed by atoms with Crippen molar-refractivity contribution in [1.29, 1.82) is 0 Å². The van der Waals surface area contributed by atoms with Gasteiger partial charge in [0.05, 0.1) is 0 Å². The van der Waals surface area contributed by atoms with Crippen LogP contribution in [0.5, 0.6) is 5.75 Å². The van der Waals surface area contributed by atoms with Crippen molar-refractivity contribution in [3.8, 4) is 28.3 Å². The highest BCUT2D eigenvalue weighted by Crippen LogP contribution is 2.29. The van der Waals surface area contributed by atoms with E-state index in [9.17, 15) is 9.50 Å². The number of halogens is 1. The highest BCUT2D eigenvalue weighted by Gasteiger charge is 2.09. The molecule has 23 heavy (non-hydrogen) atoms. The van der Waals surface area contributed by atoms with Gasteiger partial charge in [-0.1, -0.05) is 18.2 Å². The van der Waals surface area contributed by atoms with E-state index in [0.29, 0.717) is 11.5 Å². The van der Waals surface area contributed by atoms with Gasteiger partial charge in [0.1, 0.15) is 17.1 Å². The summed E-state index contributed by atoms with van der Waals surface area (Å²) in [6, 6.07) is 18.7. The number of nitrogens with zero attached hydrogens (tertiary/aromatic N) is 1. The molecule has 4 aromatic rings. The minimum Gasteiger partial charge on any atom is -0.508 e. The Morgan fingerprint density at radius 3 is 2.17 bits per heavy atom. The molecule has 1 N–H and O–H groups in total. The van der Waals surface area contributed by atoms with Crippen molar-refractivity contribution in [3.63, 3.8) is 0 Å². The molecule has 0 atom stereocenters. The topological polar surface area (TPSA) is 46.3 Å². The lowest BCUT2D eigenvalue weighted by atomic mass is 10.1. The second kappa shape index (κ2) is 5.25. The number of hydrogen-bond acceptors (Lipinski definition) is 3. The number of oxazole rings is 1. The maximum absolute atomic E-state index is 13.0. The first kappa shape index (κ1) is 13.5. The van der Waals surface area contributed by atoms with Gasteiger partial charge in [-0.05, 0) is 59.7 Å². The fourth-order valence-corrected chi connectivity index (χ4v) is 2.47. The summed E-state index contributed by atoms with van der Waals surface area (Å²) in [5, 5.41) is 9.37. The average molecular weight is 305 g/mol. The molecular formula is C19H12FNO2.